The predicted octanol–water partition coefficient (Wildman–Crippen LogP) is 6.08. The van der Waals surface area contributed by atoms with Gasteiger partial charge in [0.1, 0.15) is 0 Å². The molecule has 0 aromatic heterocycles. The minimum Gasteiger partial charge on any atom is -0.407 e. The molecule has 0 aliphatic carbocycles. The molecule has 37 heavy (non-hydrogen) atoms. The van der Waals surface area contributed by atoms with Gasteiger partial charge in [-0.2, -0.15) is 0 Å². The fourth-order valence-electron chi connectivity index (χ4n) is 5.62. The fraction of sp³-hybridized carbons (Fsp3) is 0.438. The van der Waals surface area contributed by atoms with Crippen LogP contribution in [0.3, 0.4) is 0 Å². The van der Waals surface area contributed by atoms with Crippen LogP contribution in [0.5, 0.6) is 0 Å². The number of methoxy groups -OCH3 is 1. The summed E-state index contributed by atoms with van der Waals surface area (Å²) in [5, 5.41) is 2.59. The average molecular weight is 519 g/mol. The number of hydrogen-bond donors (Lipinski definition) is 0. The molecule has 1 fully saturated rings. The smallest absolute Gasteiger partial charge is 0.261 e. The lowest BCUT2D eigenvalue weighted by molar-refractivity contribution is -0.177. The van der Waals surface area contributed by atoms with Gasteiger partial charge in [0.15, 0.2) is 6.29 Å². The molecule has 2 atom stereocenters. The average Bonchev–Trinajstić information content (AvgIpc) is 3.33. The fourth-order valence-corrected chi connectivity index (χ4v) is 10.2. The van der Waals surface area contributed by atoms with Gasteiger partial charge in [0.2, 0.25) is 0 Å². The van der Waals surface area contributed by atoms with Crippen molar-refractivity contribution >= 4 is 18.7 Å². The van der Waals surface area contributed by atoms with Gasteiger partial charge in [0, 0.05) is 20.1 Å². The van der Waals surface area contributed by atoms with Crippen molar-refractivity contribution in [3.8, 4) is 0 Å². The first kappa shape index (κ1) is 27.7. The number of ether oxygens (including phenoxy) is 3. The van der Waals surface area contributed by atoms with E-state index in [4.69, 9.17) is 18.6 Å². The van der Waals surface area contributed by atoms with Crippen molar-refractivity contribution in [1.29, 1.82) is 0 Å². The highest BCUT2D eigenvalue weighted by molar-refractivity contribution is 6.99. The van der Waals surface area contributed by atoms with Crippen LogP contribution >= 0.6 is 0 Å². The molecule has 3 aromatic rings. The van der Waals surface area contributed by atoms with E-state index >= 15 is 0 Å². The molecule has 0 saturated carbocycles. The molecule has 1 aliphatic rings. The van der Waals surface area contributed by atoms with Crippen LogP contribution in [0.1, 0.15) is 52.0 Å². The van der Waals surface area contributed by atoms with Crippen LogP contribution in [0.25, 0.3) is 0 Å². The molecule has 1 heterocycles. The van der Waals surface area contributed by atoms with Gasteiger partial charge < -0.3 is 18.6 Å². The Morgan fingerprint density at radius 1 is 0.865 bits per heavy atom. The molecule has 3 aromatic carbocycles. The third-order valence-electron chi connectivity index (χ3n) is 7.47. The summed E-state index contributed by atoms with van der Waals surface area (Å²) in [6, 6.07) is 32.0. The van der Waals surface area contributed by atoms with Gasteiger partial charge in [-0.25, -0.2) is 0 Å². The molecule has 4 nitrogen and oxygen atoms in total. The maximum Gasteiger partial charge on any atom is 0.261 e. The molecule has 5 heteroatoms. The first-order valence-electron chi connectivity index (χ1n) is 13.5. The standard InChI is InChI=1S/C32H42O4Si/c1-31(2,3)37(28-17-10-6-11-18-28,29-19-12-7-13-20-29)35-24-14-22-32(23-21-30(33-4)36-32)26-34-25-27-15-8-5-9-16-27/h5-13,15-20,30H,14,21-26H2,1-4H3/t30?,32-/m0/s1. The Morgan fingerprint density at radius 3 is 1.95 bits per heavy atom. The van der Waals surface area contributed by atoms with Crippen LogP contribution in [-0.2, 0) is 25.2 Å². The minimum absolute atomic E-state index is 0.0306. The normalized spacial score (nSPS) is 20.3. The van der Waals surface area contributed by atoms with Crippen LogP contribution in [0, 0.1) is 0 Å². The zero-order valence-corrected chi connectivity index (χ0v) is 23.8. The van der Waals surface area contributed by atoms with E-state index in [0.29, 0.717) is 19.8 Å². The van der Waals surface area contributed by atoms with Crippen LogP contribution in [0.4, 0.5) is 0 Å². The second kappa shape index (κ2) is 12.5. The van der Waals surface area contributed by atoms with E-state index in [9.17, 15) is 0 Å². The first-order chi connectivity index (χ1) is 17.9. The largest absolute Gasteiger partial charge is 0.407 e. The summed E-state index contributed by atoms with van der Waals surface area (Å²) in [6.07, 6.45) is 3.42. The Labute approximate surface area is 224 Å². The molecule has 1 aliphatic heterocycles. The Morgan fingerprint density at radius 2 is 1.43 bits per heavy atom. The lowest BCUT2D eigenvalue weighted by atomic mass is 9.95. The van der Waals surface area contributed by atoms with Gasteiger partial charge in [-0.3, -0.25) is 0 Å². The third-order valence-corrected chi connectivity index (χ3v) is 12.5. The topological polar surface area (TPSA) is 36.9 Å². The molecule has 1 unspecified atom stereocenters. The second-order valence-electron chi connectivity index (χ2n) is 11.1. The maximum absolute atomic E-state index is 7.11. The van der Waals surface area contributed by atoms with E-state index < -0.39 is 8.32 Å². The summed E-state index contributed by atoms with van der Waals surface area (Å²) in [5.74, 6) is 0. The molecule has 0 N–H and O–H groups in total. The Kier molecular flexibility index (Phi) is 9.38. The highest BCUT2D eigenvalue weighted by Gasteiger charge is 2.50. The summed E-state index contributed by atoms with van der Waals surface area (Å²) in [5.41, 5.74) is 0.832. The quantitative estimate of drug-likeness (QED) is 0.215. The van der Waals surface area contributed by atoms with Crippen LogP contribution in [0.2, 0.25) is 5.04 Å². The lowest BCUT2D eigenvalue weighted by Crippen LogP contribution is -2.66. The molecule has 4 rings (SSSR count). The Bertz CT molecular complexity index is 1030. The lowest BCUT2D eigenvalue weighted by Gasteiger charge is -2.43. The van der Waals surface area contributed by atoms with Gasteiger partial charge in [-0.05, 0) is 40.2 Å². The maximum atomic E-state index is 7.11. The van der Waals surface area contributed by atoms with E-state index in [1.165, 1.54) is 15.9 Å². The van der Waals surface area contributed by atoms with Crippen molar-refractivity contribution in [2.75, 3.05) is 20.3 Å². The zero-order valence-electron chi connectivity index (χ0n) is 22.8. The zero-order chi connectivity index (χ0) is 26.2. The van der Waals surface area contributed by atoms with E-state index in [0.717, 1.165) is 25.7 Å². The molecule has 198 valence electrons. The van der Waals surface area contributed by atoms with Gasteiger partial charge in [0.25, 0.3) is 8.32 Å². The van der Waals surface area contributed by atoms with Crippen LogP contribution in [0.15, 0.2) is 91.0 Å². The van der Waals surface area contributed by atoms with Gasteiger partial charge >= 0.3 is 0 Å². The molecular weight excluding hydrogens is 476 g/mol. The van der Waals surface area contributed by atoms with Crippen molar-refractivity contribution < 1.29 is 18.6 Å². The van der Waals surface area contributed by atoms with Crippen LogP contribution < -0.4 is 10.4 Å². The molecule has 0 amide bonds. The van der Waals surface area contributed by atoms with E-state index in [1.807, 2.05) is 18.2 Å². The molecule has 0 spiro atoms. The van der Waals surface area contributed by atoms with Crippen molar-refractivity contribution in [3.63, 3.8) is 0 Å². The highest BCUT2D eigenvalue weighted by Crippen LogP contribution is 2.38. The summed E-state index contributed by atoms with van der Waals surface area (Å²) in [4.78, 5) is 0. The van der Waals surface area contributed by atoms with Gasteiger partial charge in [-0.1, -0.05) is 112 Å². The number of benzene rings is 3. The second-order valence-corrected chi connectivity index (χ2v) is 15.4. The van der Waals surface area contributed by atoms with Crippen LogP contribution in [-0.4, -0.2) is 40.5 Å². The minimum atomic E-state index is -2.54. The Hall–Kier alpha value is -2.28. The summed E-state index contributed by atoms with van der Waals surface area (Å²) in [6.45, 7) is 8.78. The Balaban J connectivity index is 1.48. The molecule has 0 radical (unpaired) electrons. The van der Waals surface area contributed by atoms with Crippen molar-refractivity contribution in [3.05, 3.63) is 96.6 Å². The molecule has 0 bridgehead atoms. The summed E-state index contributed by atoms with van der Waals surface area (Å²) >= 11 is 0. The van der Waals surface area contributed by atoms with E-state index in [-0.39, 0.29) is 16.9 Å². The highest BCUT2D eigenvalue weighted by atomic mass is 28.4. The number of hydrogen-bond acceptors (Lipinski definition) is 4. The number of rotatable bonds is 12. The van der Waals surface area contributed by atoms with E-state index in [1.54, 1.807) is 7.11 Å². The molecular formula is C32H42O4Si. The summed E-state index contributed by atoms with van der Waals surface area (Å²) in [7, 11) is -0.817. The van der Waals surface area contributed by atoms with Crippen molar-refractivity contribution in [2.24, 2.45) is 0 Å². The van der Waals surface area contributed by atoms with Gasteiger partial charge in [-0.15, -0.1) is 0 Å². The first-order valence-corrected chi connectivity index (χ1v) is 15.4. The predicted molar refractivity (Wildman–Crippen MR) is 153 cm³/mol. The van der Waals surface area contributed by atoms with E-state index in [2.05, 4.69) is 93.6 Å². The van der Waals surface area contributed by atoms with Crippen molar-refractivity contribution in [2.45, 2.75) is 70.0 Å². The monoisotopic (exact) mass is 518 g/mol. The SMILES string of the molecule is COC1CC[C@@](CCCO[Si](c2ccccc2)(c2ccccc2)C(C)(C)C)(COCc2ccccc2)O1. The summed E-state index contributed by atoms with van der Waals surface area (Å²) < 4.78 is 25.3. The molecule has 1 saturated heterocycles. The van der Waals surface area contributed by atoms with Crippen molar-refractivity contribution in [1.82, 2.24) is 0 Å². The third kappa shape index (κ3) is 6.59. The van der Waals surface area contributed by atoms with Gasteiger partial charge in [0.05, 0.1) is 18.8 Å².